The van der Waals surface area contributed by atoms with Crippen molar-refractivity contribution in [3.8, 4) is 5.69 Å². The molecule has 0 saturated carbocycles. The van der Waals surface area contributed by atoms with E-state index in [1.54, 1.807) is 30.6 Å². The predicted octanol–water partition coefficient (Wildman–Crippen LogP) is 3.22. The summed E-state index contributed by atoms with van der Waals surface area (Å²) in [5.41, 5.74) is 8.18. The van der Waals surface area contributed by atoms with Crippen LogP contribution in [0.3, 0.4) is 0 Å². The maximum absolute atomic E-state index is 12.3. The number of thioether (sulfide) groups is 1. The van der Waals surface area contributed by atoms with Crippen molar-refractivity contribution in [2.24, 2.45) is 5.73 Å². The molecule has 1 heterocycles. The van der Waals surface area contributed by atoms with Crippen molar-refractivity contribution in [1.82, 2.24) is 14.8 Å². The number of hydrogen-bond acceptors (Lipinski definition) is 5. The smallest absolute Gasteiger partial charge is 0.250 e. The van der Waals surface area contributed by atoms with E-state index >= 15 is 0 Å². The number of nitrogens with zero attached hydrogens (tertiary/aromatic N) is 3. The number of nitrogens with two attached hydrogens (primary N) is 1. The van der Waals surface area contributed by atoms with Crippen LogP contribution in [0.5, 0.6) is 0 Å². The highest BCUT2D eigenvalue weighted by atomic mass is 32.2. The Morgan fingerprint density at radius 3 is 2.54 bits per heavy atom. The van der Waals surface area contributed by atoms with Crippen LogP contribution in [0.4, 0.5) is 5.69 Å². The SMILES string of the molecule is CC(C)c1ccc(-n2cnnc2SCC(=O)Nc2ccccc2C(N)=O)cc1. The first-order chi connectivity index (χ1) is 13.5. The van der Waals surface area contributed by atoms with Gasteiger partial charge in [-0.2, -0.15) is 0 Å². The maximum Gasteiger partial charge on any atom is 0.250 e. The number of hydrogen-bond donors (Lipinski definition) is 2. The van der Waals surface area contributed by atoms with E-state index < -0.39 is 5.91 Å². The van der Waals surface area contributed by atoms with Crippen molar-refractivity contribution in [2.45, 2.75) is 24.9 Å². The number of amides is 2. The highest BCUT2D eigenvalue weighted by Gasteiger charge is 2.13. The molecule has 0 atom stereocenters. The lowest BCUT2D eigenvalue weighted by molar-refractivity contribution is -0.113. The summed E-state index contributed by atoms with van der Waals surface area (Å²) in [5.74, 6) is -0.275. The molecule has 1 aromatic heterocycles. The molecule has 0 aliphatic rings. The molecule has 0 fully saturated rings. The van der Waals surface area contributed by atoms with Crippen LogP contribution in [0, 0.1) is 0 Å². The van der Waals surface area contributed by atoms with Gasteiger partial charge in [0.25, 0.3) is 5.91 Å². The van der Waals surface area contributed by atoms with Gasteiger partial charge in [0.2, 0.25) is 5.91 Å². The molecule has 0 bridgehead atoms. The highest BCUT2D eigenvalue weighted by molar-refractivity contribution is 7.99. The van der Waals surface area contributed by atoms with Gasteiger partial charge >= 0.3 is 0 Å². The molecular formula is C20H21N5O2S. The van der Waals surface area contributed by atoms with E-state index in [2.05, 4.69) is 41.5 Å². The normalized spacial score (nSPS) is 10.8. The molecule has 8 heteroatoms. The van der Waals surface area contributed by atoms with Gasteiger partial charge in [-0.15, -0.1) is 10.2 Å². The van der Waals surface area contributed by atoms with E-state index in [9.17, 15) is 9.59 Å². The Labute approximate surface area is 167 Å². The molecule has 3 rings (SSSR count). The van der Waals surface area contributed by atoms with Crippen molar-refractivity contribution < 1.29 is 9.59 Å². The second-order valence-corrected chi connectivity index (χ2v) is 7.42. The third-order valence-electron chi connectivity index (χ3n) is 4.15. The van der Waals surface area contributed by atoms with E-state index in [4.69, 9.17) is 5.73 Å². The standard InChI is InChI=1S/C20H21N5O2S/c1-13(2)14-7-9-15(10-8-14)25-12-22-24-20(25)28-11-18(26)23-17-6-4-3-5-16(17)19(21)27/h3-10,12-13H,11H2,1-2H3,(H2,21,27)(H,23,26). The molecule has 0 saturated heterocycles. The van der Waals surface area contributed by atoms with Gasteiger partial charge in [-0.05, 0) is 35.7 Å². The van der Waals surface area contributed by atoms with Gasteiger partial charge in [0.05, 0.1) is 17.0 Å². The minimum Gasteiger partial charge on any atom is -0.366 e. The van der Waals surface area contributed by atoms with Gasteiger partial charge in [0.1, 0.15) is 6.33 Å². The Morgan fingerprint density at radius 1 is 1.14 bits per heavy atom. The molecule has 7 nitrogen and oxygen atoms in total. The van der Waals surface area contributed by atoms with E-state index in [1.165, 1.54) is 17.3 Å². The largest absolute Gasteiger partial charge is 0.366 e. The van der Waals surface area contributed by atoms with Crippen molar-refractivity contribution in [1.29, 1.82) is 0 Å². The fraction of sp³-hybridized carbons (Fsp3) is 0.200. The number of primary amides is 1. The summed E-state index contributed by atoms with van der Waals surface area (Å²) in [6.45, 7) is 4.29. The lowest BCUT2D eigenvalue weighted by Crippen LogP contribution is -2.19. The lowest BCUT2D eigenvalue weighted by Gasteiger charge is -2.10. The van der Waals surface area contributed by atoms with Crippen LogP contribution in [-0.4, -0.2) is 32.3 Å². The number of nitrogens with one attached hydrogen (secondary N) is 1. The van der Waals surface area contributed by atoms with Crippen LogP contribution in [-0.2, 0) is 4.79 Å². The van der Waals surface area contributed by atoms with Crippen LogP contribution in [0.2, 0.25) is 0 Å². The number of carbonyl (C=O) groups excluding carboxylic acids is 2. The van der Waals surface area contributed by atoms with Crippen LogP contribution in [0.25, 0.3) is 5.69 Å². The monoisotopic (exact) mass is 395 g/mol. The molecule has 0 radical (unpaired) electrons. The van der Waals surface area contributed by atoms with Gasteiger partial charge in [-0.25, -0.2) is 0 Å². The van der Waals surface area contributed by atoms with E-state index in [0.717, 1.165) is 5.69 Å². The Bertz CT molecular complexity index is 982. The molecular weight excluding hydrogens is 374 g/mol. The summed E-state index contributed by atoms with van der Waals surface area (Å²) in [4.78, 5) is 23.8. The average molecular weight is 395 g/mol. The Balaban J connectivity index is 1.67. The number of anilines is 1. The summed E-state index contributed by atoms with van der Waals surface area (Å²) in [7, 11) is 0. The van der Waals surface area contributed by atoms with Crippen LogP contribution in [0.15, 0.2) is 60.0 Å². The van der Waals surface area contributed by atoms with Crippen LogP contribution in [0.1, 0.15) is 35.7 Å². The number of rotatable bonds is 7. The molecule has 2 amide bonds. The van der Waals surface area contributed by atoms with Gasteiger partial charge in [0, 0.05) is 5.69 Å². The molecule has 3 aromatic rings. The fourth-order valence-electron chi connectivity index (χ4n) is 2.64. The summed E-state index contributed by atoms with van der Waals surface area (Å²) in [5, 5.41) is 11.4. The lowest BCUT2D eigenvalue weighted by atomic mass is 10.0. The minimum atomic E-state index is -0.590. The Kier molecular flexibility index (Phi) is 6.10. The second-order valence-electron chi connectivity index (χ2n) is 6.48. The molecule has 0 aliphatic carbocycles. The maximum atomic E-state index is 12.3. The zero-order valence-corrected chi connectivity index (χ0v) is 16.4. The van der Waals surface area contributed by atoms with Gasteiger partial charge in [-0.3, -0.25) is 14.2 Å². The van der Waals surface area contributed by atoms with E-state index in [-0.39, 0.29) is 17.2 Å². The van der Waals surface area contributed by atoms with E-state index in [0.29, 0.717) is 16.8 Å². The molecule has 0 aliphatic heterocycles. The van der Waals surface area contributed by atoms with Crippen LogP contribution >= 0.6 is 11.8 Å². The fourth-order valence-corrected chi connectivity index (χ4v) is 3.37. The number of benzene rings is 2. The summed E-state index contributed by atoms with van der Waals surface area (Å²) < 4.78 is 1.83. The zero-order chi connectivity index (χ0) is 20.1. The first-order valence-electron chi connectivity index (χ1n) is 8.77. The second kappa shape index (κ2) is 8.71. The number of para-hydroxylation sites is 1. The molecule has 28 heavy (non-hydrogen) atoms. The number of carbonyl (C=O) groups is 2. The highest BCUT2D eigenvalue weighted by Crippen LogP contribution is 2.22. The average Bonchev–Trinajstić information content (AvgIpc) is 3.15. The van der Waals surface area contributed by atoms with Gasteiger partial charge < -0.3 is 11.1 Å². The third-order valence-corrected chi connectivity index (χ3v) is 5.10. The molecule has 144 valence electrons. The Hall–Kier alpha value is -3.13. The summed E-state index contributed by atoms with van der Waals surface area (Å²) in [6, 6.07) is 14.8. The van der Waals surface area contributed by atoms with Gasteiger partial charge in [0.15, 0.2) is 5.16 Å². The van der Waals surface area contributed by atoms with Crippen LogP contribution < -0.4 is 11.1 Å². The van der Waals surface area contributed by atoms with Crippen molar-refractivity contribution in [2.75, 3.05) is 11.1 Å². The topological polar surface area (TPSA) is 103 Å². The molecule has 3 N–H and O–H groups in total. The van der Waals surface area contributed by atoms with Crippen molar-refractivity contribution in [3.63, 3.8) is 0 Å². The number of aromatic nitrogens is 3. The Morgan fingerprint density at radius 2 is 1.86 bits per heavy atom. The molecule has 2 aromatic carbocycles. The van der Waals surface area contributed by atoms with Gasteiger partial charge in [-0.1, -0.05) is 49.9 Å². The summed E-state index contributed by atoms with van der Waals surface area (Å²) in [6.07, 6.45) is 1.62. The van der Waals surface area contributed by atoms with Crippen molar-refractivity contribution in [3.05, 3.63) is 66.0 Å². The van der Waals surface area contributed by atoms with Crippen molar-refractivity contribution >= 4 is 29.3 Å². The predicted molar refractivity (Wildman–Crippen MR) is 110 cm³/mol. The molecule has 0 spiro atoms. The minimum absolute atomic E-state index is 0.121. The molecule has 0 unspecified atom stereocenters. The first kappa shape index (κ1) is 19.6. The summed E-state index contributed by atoms with van der Waals surface area (Å²) >= 11 is 1.26. The first-order valence-corrected chi connectivity index (χ1v) is 9.76. The van der Waals surface area contributed by atoms with E-state index in [1.807, 2.05) is 16.7 Å². The third kappa shape index (κ3) is 4.58. The zero-order valence-electron chi connectivity index (χ0n) is 15.6. The quantitative estimate of drug-likeness (QED) is 0.598.